The molecule has 2 saturated heterocycles. The van der Waals surface area contributed by atoms with Gasteiger partial charge in [-0.25, -0.2) is 27.7 Å². The van der Waals surface area contributed by atoms with Gasteiger partial charge < -0.3 is 34.9 Å². The summed E-state index contributed by atoms with van der Waals surface area (Å²) in [4.78, 5) is 67.8. The second-order valence-electron chi connectivity index (χ2n) is 16.9. The van der Waals surface area contributed by atoms with Crippen molar-refractivity contribution in [1.82, 2.24) is 35.1 Å². The predicted octanol–water partition coefficient (Wildman–Crippen LogP) is 6.03. The number of rotatable bonds is 14. The number of amides is 4. The lowest BCUT2D eigenvalue weighted by Crippen LogP contribution is -2.51. The topological polar surface area (TPSA) is 204 Å². The Morgan fingerprint density at radius 3 is 2.17 bits per heavy atom. The Bertz CT molecular complexity index is 2540. The molecule has 7 rings (SSSR count). The number of H-pyrrole nitrogens is 1. The number of fused-ring (bicyclic) bond motifs is 1. The molecule has 4 aromatic rings. The molecule has 17 heteroatoms. The van der Waals surface area contributed by atoms with Crippen molar-refractivity contribution >= 4 is 56.1 Å². The van der Waals surface area contributed by atoms with Gasteiger partial charge in [0.2, 0.25) is 21.8 Å². The third kappa shape index (κ3) is 10.3. The van der Waals surface area contributed by atoms with E-state index < -0.39 is 40.3 Å². The molecule has 0 saturated carbocycles. The van der Waals surface area contributed by atoms with Gasteiger partial charge in [-0.3, -0.25) is 14.6 Å². The van der Waals surface area contributed by atoms with Gasteiger partial charge in [0.25, 0.3) is 0 Å². The summed E-state index contributed by atoms with van der Waals surface area (Å²) in [7, 11) is -0.908. The summed E-state index contributed by atoms with van der Waals surface area (Å²) in [5.74, 6) is -0.244. The van der Waals surface area contributed by atoms with Crippen molar-refractivity contribution in [3.8, 4) is 22.4 Å². The van der Waals surface area contributed by atoms with Crippen LogP contribution in [0.3, 0.4) is 0 Å². The van der Waals surface area contributed by atoms with Gasteiger partial charge in [-0.15, -0.1) is 0 Å². The van der Waals surface area contributed by atoms with E-state index in [0.717, 1.165) is 69.1 Å². The minimum Gasteiger partial charge on any atom is -0.453 e. The van der Waals surface area contributed by atoms with Crippen LogP contribution < -0.4 is 15.4 Å². The molecule has 63 heavy (non-hydrogen) atoms. The molecule has 334 valence electrons. The fraction of sp³-hybridized carbons (Fsp3) is 0.435. The van der Waals surface area contributed by atoms with Gasteiger partial charge in [-0.1, -0.05) is 69.3 Å². The molecule has 3 aliphatic heterocycles. The SMILES string of the molecule is CC[C@H](NC(=O)OC)C(=O)N1CCC[C@H]1C1=NC=C(c2ccc3cc(-c4ccc(-c5cnc([C@@H]6C[C@H](CNS(C)(=O)=O)CN6C(=O)[C@@H](NC(=O)OC)C(C)C)[nH]5)cc4)ccc3c2)C1. The molecule has 0 aliphatic carbocycles. The monoisotopic (exact) mass is 880 g/mol. The first-order valence-electron chi connectivity index (χ1n) is 21.4. The number of likely N-dealkylation sites (tertiary alicyclic amines) is 2. The average molecular weight is 881 g/mol. The van der Waals surface area contributed by atoms with E-state index in [1.165, 1.54) is 14.2 Å². The summed E-state index contributed by atoms with van der Waals surface area (Å²) in [6.07, 6.45) is 6.72. The minimum absolute atomic E-state index is 0.107. The number of imidazole rings is 1. The van der Waals surface area contributed by atoms with Gasteiger partial charge in [-0.05, 0) is 88.3 Å². The Balaban J connectivity index is 1.02. The highest BCUT2D eigenvalue weighted by Crippen LogP contribution is 2.37. The largest absolute Gasteiger partial charge is 0.453 e. The van der Waals surface area contributed by atoms with Crippen molar-refractivity contribution in [2.75, 3.05) is 40.1 Å². The lowest BCUT2D eigenvalue weighted by molar-refractivity contribution is -0.135. The number of sulfonamides is 1. The quantitative estimate of drug-likeness (QED) is 0.117. The summed E-state index contributed by atoms with van der Waals surface area (Å²) in [5.41, 5.74) is 6.90. The Labute approximate surface area is 368 Å². The van der Waals surface area contributed by atoms with Gasteiger partial charge in [0.1, 0.15) is 17.9 Å². The molecule has 4 heterocycles. The van der Waals surface area contributed by atoms with Crippen LogP contribution in [0.2, 0.25) is 0 Å². The van der Waals surface area contributed by atoms with Crippen LogP contribution in [0.25, 0.3) is 38.7 Å². The fourth-order valence-corrected chi connectivity index (χ4v) is 9.32. The maximum atomic E-state index is 14.0. The van der Waals surface area contributed by atoms with Crippen LogP contribution in [0.1, 0.15) is 70.3 Å². The number of alkyl carbamates (subject to hydrolysis) is 2. The molecule has 4 amide bonds. The molecular weight excluding hydrogens is 825 g/mol. The average Bonchev–Trinajstić information content (AvgIpc) is 4.12. The van der Waals surface area contributed by atoms with Gasteiger partial charge >= 0.3 is 12.2 Å². The van der Waals surface area contributed by atoms with Crippen molar-refractivity contribution in [3.05, 3.63) is 84.4 Å². The van der Waals surface area contributed by atoms with Crippen molar-refractivity contribution < 1.29 is 37.1 Å². The zero-order chi connectivity index (χ0) is 45.0. The summed E-state index contributed by atoms with van der Waals surface area (Å²) in [6, 6.07) is 18.9. The molecule has 0 spiro atoms. The lowest BCUT2D eigenvalue weighted by atomic mass is 9.95. The van der Waals surface area contributed by atoms with Crippen LogP contribution in [-0.2, 0) is 29.1 Å². The van der Waals surface area contributed by atoms with Crippen molar-refractivity contribution in [2.45, 2.75) is 77.0 Å². The molecule has 16 nitrogen and oxygen atoms in total. The molecule has 0 unspecified atom stereocenters. The third-order valence-electron chi connectivity index (χ3n) is 12.2. The Morgan fingerprint density at radius 1 is 0.857 bits per heavy atom. The zero-order valence-electron chi connectivity index (χ0n) is 36.5. The Kier molecular flexibility index (Phi) is 13.7. The molecule has 0 radical (unpaired) electrons. The van der Waals surface area contributed by atoms with E-state index >= 15 is 0 Å². The Morgan fingerprint density at radius 2 is 1.51 bits per heavy atom. The van der Waals surface area contributed by atoms with E-state index in [9.17, 15) is 27.6 Å². The van der Waals surface area contributed by atoms with E-state index in [1.807, 2.05) is 44.0 Å². The van der Waals surface area contributed by atoms with Crippen LogP contribution in [-0.4, -0.2) is 116 Å². The number of aliphatic imine (C=N–C) groups is 1. The molecule has 1 aromatic heterocycles. The number of nitrogens with one attached hydrogen (secondary N) is 4. The molecular formula is C46H56N8O8S. The number of carbonyl (C=O) groups is 4. The first-order chi connectivity index (χ1) is 30.2. The first-order valence-corrected chi connectivity index (χ1v) is 23.3. The highest BCUT2D eigenvalue weighted by atomic mass is 32.2. The van der Waals surface area contributed by atoms with Crippen molar-refractivity contribution in [3.63, 3.8) is 0 Å². The van der Waals surface area contributed by atoms with Gasteiger partial charge in [0, 0.05) is 38.0 Å². The maximum Gasteiger partial charge on any atom is 0.407 e. The number of benzene rings is 3. The van der Waals surface area contributed by atoms with E-state index in [2.05, 4.69) is 68.9 Å². The maximum absolute atomic E-state index is 14.0. The number of hydrogen-bond donors (Lipinski definition) is 4. The third-order valence-corrected chi connectivity index (χ3v) is 12.9. The number of aromatic amines is 1. The molecule has 3 aromatic carbocycles. The normalized spacial score (nSPS) is 19.8. The van der Waals surface area contributed by atoms with Crippen LogP contribution in [0, 0.1) is 11.8 Å². The Hall–Kier alpha value is -6.07. The number of nitrogens with zero attached hydrogens (tertiary/aromatic N) is 4. The van der Waals surface area contributed by atoms with Gasteiger partial charge in [-0.2, -0.15) is 0 Å². The smallest absolute Gasteiger partial charge is 0.407 e. The number of carbonyl (C=O) groups excluding carboxylic acids is 4. The minimum atomic E-state index is -3.44. The van der Waals surface area contributed by atoms with Crippen LogP contribution in [0.5, 0.6) is 0 Å². The van der Waals surface area contributed by atoms with Crippen LogP contribution in [0.15, 0.2) is 78.1 Å². The standard InChI is InChI=1S/C46H56N8O8S/c1-7-36(51-45(57)61-4)43(55)53-18-8-9-39(53)37-22-35(24-47-37)34-17-16-32-20-31(14-15-33(32)21-34)29-10-12-30(13-11-29)38-25-48-42(50-38)40-19-28(23-49-63(6,59)60)26-54(40)44(56)41(27(2)3)52-46(58)62-5/h10-17,20-21,24-25,27-28,36,39-41,49H,7-9,18-19,22-23,26H2,1-6H3,(H,48,50)(H,51,57)(H,52,58)/t28-,36+,39+,40+,41+/m1/s1. The molecule has 5 atom stereocenters. The number of ether oxygens (including phenoxy) is 2. The number of aromatic nitrogens is 2. The molecule has 2 fully saturated rings. The highest BCUT2D eigenvalue weighted by molar-refractivity contribution is 7.88. The number of methoxy groups -OCH3 is 2. The van der Waals surface area contributed by atoms with E-state index in [0.29, 0.717) is 31.6 Å². The lowest BCUT2D eigenvalue weighted by Gasteiger charge is -2.30. The molecule has 0 bridgehead atoms. The molecule has 4 N–H and O–H groups in total. The summed E-state index contributed by atoms with van der Waals surface area (Å²) in [5, 5.41) is 7.52. The first kappa shape index (κ1) is 45.0. The van der Waals surface area contributed by atoms with Crippen molar-refractivity contribution in [2.24, 2.45) is 16.8 Å². The van der Waals surface area contributed by atoms with E-state index in [1.54, 1.807) is 11.1 Å². The predicted molar refractivity (Wildman–Crippen MR) is 241 cm³/mol. The van der Waals surface area contributed by atoms with Crippen LogP contribution in [0.4, 0.5) is 9.59 Å². The summed E-state index contributed by atoms with van der Waals surface area (Å²) in [6.45, 7) is 6.62. The highest BCUT2D eigenvalue weighted by Gasteiger charge is 2.42. The number of hydrogen-bond acceptors (Lipinski definition) is 10. The number of allylic oxidation sites excluding steroid dienone is 1. The molecule has 3 aliphatic rings. The second kappa shape index (κ2) is 19.1. The van der Waals surface area contributed by atoms with Crippen LogP contribution >= 0.6 is 0 Å². The fourth-order valence-electron chi connectivity index (χ4n) is 8.79. The van der Waals surface area contributed by atoms with E-state index in [4.69, 9.17) is 19.5 Å². The van der Waals surface area contributed by atoms with Gasteiger partial charge in [0.15, 0.2) is 0 Å². The summed E-state index contributed by atoms with van der Waals surface area (Å²) < 4.78 is 35.9. The second-order valence-corrected chi connectivity index (χ2v) is 18.7. The summed E-state index contributed by atoms with van der Waals surface area (Å²) >= 11 is 0. The van der Waals surface area contributed by atoms with Crippen molar-refractivity contribution in [1.29, 1.82) is 0 Å². The zero-order valence-corrected chi connectivity index (χ0v) is 37.3. The van der Waals surface area contributed by atoms with Gasteiger partial charge in [0.05, 0.1) is 44.4 Å². The van der Waals surface area contributed by atoms with E-state index in [-0.39, 0.29) is 42.8 Å².